The number of aliphatic hydroxyl groups excluding tert-OH is 1. The molecule has 2 fully saturated rings. The molecule has 2 aliphatic rings. The zero-order valence-electron chi connectivity index (χ0n) is 23.0. The number of carbonyl (C=O) groups excluding carboxylic acids is 1. The molecule has 6 nitrogen and oxygen atoms in total. The van der Waals surface area contributed by atoms with Gasteiger partial charge in [0.2, 0.25) is 5.91 Å². The van der Waals surface area contributed by atoms with Gasteiger partial charge in [-0.25, -0.2) is 8.78 Å². The van der Waals surface area contributed by atoms with Crippen LogP contribution in [0.2, 0.25) is 10.0 Å². The SMILES string of the molecule is CC(C)(C)CC1NC(C(=O)NC2CCN(CCO)CC2)C(c2cccc(Cl)c2F)C1(C#N)c1ccc(Cl)cc1F. The Kier molecular flexibility index (Phi) is 9.43. The molecule has 0 saturated carbocycles. The number of halogens is 4. The summed E-state index contributed by atoms with van der Waals surface area (Å²) in [6.45, 7) is 8.09. The van der Waals surface area contributed by atoms with Crippen molar-refractivity contribution in [2.75, 3.05) is 26.2 Å². The van der Waals surface area contributed by atoms with Crippen molar-refractivity contribution >= 4 is 29.1 Å². The zero-order chi connectivity index (χ0) is 29.2. The molecule has 0 radical (unpaired) electrons. The highest BCUT2D eigenvalue weighted by atomic mass is 35.5. The van der Waals surface area contributed by atoms with Crippen LogP contribution >= 0.6 is 23.2 Å². The Balaban J connectivity index is 1.83. The number of benzene rings is 2. The number of rotatable bonds is 7. The van der Waals surface area contributed by atoms with Gasteiger partial charge in [0, 0.05) is 48.2 Å². The van der Waals surface area contributed by atoms with Crippen LogP contribution in [0.25, 0.3) is 0 Å². The van der Waals surface area contributed by atoms with Crippen molar-refractivity contribution in [3.63, 3.8) is 0 Å². The smallest absolute Gasteiger partial charge is 0.238 e. The Bertz CT molecular complexity index is 1270. The fourth-order valence-electron chi connectivity index (χ4n) is 6.29. The van der Waals surface area contributed by atoms with Crippen LogP contribution in [0.3, 0.4) is 0 Å². The number of nitrogens with zero attached hydrogens (tertiary/aromatic N) is 2. The molecule has 216 valence electrons. The van der Waals surface area contributed by atoms with Crippen molar-refractivity contribution in [1.29, 1.82) is 5.26 Å². The molecule has 2 heterocycles. The highest BCUT2D eigenvalue weighted by Gasteiger charge is 2.61. The number of hydrogen-bond acceptors (Lipinski definition) is 5. The number of β-amino-alcohol motifs (C(OH)–C–C–N with tert-alkyl or cyclic N) is 1. The third-order valence-electron chi connectivity index (χ3n) is 8.08. The minimum absolute atomic E-state index is 0.0538. The van der Waals surface area contributed by atoms with Crippen LogP contribution in [0.15, 0.2) is 36.4 Å². The molecule has 4 rings (SSSR count). The summed E-state index contributed by atoms with van der Waals surface area (Å²) in [4.78, 5) is 16.1. The van der Waals surface area contributed by atoms with Gasteiger partial charge in [-0.2, -0.15) is 5.26 Å². The molecular weight excluding hydrogens is 557 g/mol. The molecule has 0 aromatic heterocycles. The van der Waals surface area contributed by atoms with E-state index in [1.807, 2.05) is 20.8 Å². The molecule has 4 unspecified atom stereocenters. The predicted molar refractivity (Wildman–Crippen MR) is 152 cm³/mol. The lowest BCUT2D eigenvalue weighted by molar-refractivity contribution is -0.124. The topological polar surface area (TPSA) is 88.4 Å². The third-order valence-corrected chi connectivity index (χ3v) is 8.61. The van der Waals surface area contributed by atoms with Crippen LogP contribution in [0.4, 0.5) is 8.78 Å². The average Bonchev–Trinajstić information content (AvgIpc) is 3.20. The van der Waals surface area contributed by atoms with Gasteiger partial charge in [-0.3, -0.25) is 4.79 Å². The Hall–Kier alpha value is -2.28. The summed E-state index contributed by atoms with van der Waals surface area (Å²) in [7, 11) is 0. The fraction of sp³-hybridized carbons (Fsp3) is 0.533. The number of nitrogens with one attached hydrogen (secondary N) is 2. The van der Waals surface area contributed by atoms with Gasteiger partial charge in [-0.15, -0.1) is 0 Å². The molecule has 3 N–H and O–H groups in total. The van der Waals surface area contributed by atoms with E-state index in [0.717, 1.165) is 19.2 Å². The second kappa shape index (κ2) is 12.3. The maximum absolute atomic E-state index is 15.7. The first-order valence-corrected chi connectivity index (χ1v) is 14.4. The Morgan fingerprint density at radius 2 is 1.93 bits per heavy atom. The van der Waals surface area contributed by atoms with Crippen LogP contribution in [0, 0.1) is 28.4 Å². The lowest BCUT2D eigenvalue weighted by Crippen LogP contribution is -2.51. The van der Waals surface area contributed by atoms with Gasteiger partial charge in [-0.1, -0.05) is 62.2 Å². The standard InChI is InChI=1S/C30H36Cl2F2N4O2/c1-29(2,3)16-24-30(17-35,21-8-7-18(31)15-23(21)33)25(20-5-4-6-22(32)26(20)34)27(37-24)28(40)36-19-9-11-38(12-10-19)13-14-39/h4-8,15,19,24-25,27,37,39H,9-14,16H2,1-3H3,(H,36,40). The Morgan fingerprint density at radius 1 is 1.23 bits per heavy atom. The van der Waals surface area contributed by atoms with Gasteiger partial charge in [0.1, 0.15) is 17.0 Å². The zero-order valence-corrected chi connectivity index (χ0v) is 24.5. The van der Waals surface area contributed by atoms with Gasteiger partial charge < -0.3 is 20.6 Å². The maximum atomic E-state index is 15.7. The molecule has 40 heavy (non-hydrogen) atoms. The monoisotopic (exact) mass is 592 g/mol. The number of likely N-dealkylation sites (tertiary alicyclic amines) is 1. The number of nitriles is 1. The summed E-state index contributed by atoms with van der Waals surface area (Å²) in [5, 5.41) is 26.6. The van der Waals surface area contributed by atoms with Crippen molar-refractivity contribution in [2.45, 2.75) is 69.5 Å². The maximum Gasteiger partial charge on any atom is 0.238 e. The van der Waals surface area contributed by atoms with Crippen LogP contribution in [0.5, 0.6) is 0 Å². The molecule has 2 aromatic rings. The van der Waals surface area contributed by atoms with Crippen molar-refractivity contribution < 1.29 is 18.7 Å². The molecule has 2 aromatic carbocycles. The number of amides is 1. The third kappa shape index (κ3) is 6.14. The highest BCUT2D eigenvalue weighted by molar-refractivity contribution is 6.31. The summed E-state index contributed by atoms with van der Waals surface area (Å²) in [5.41, 5.74) is -1.84. The van der Waals surface area contributed by atoms with Gasteiger partial charge in [0.05, 0.1) is 23.7 Å². The molecule has 4 atom stereocenters. The summed E-state index contributed by atoms with van der Waals surface area (Å²) >= 11 is 12.3. The first-order chi connectivity index (χ1) is 18.9. The number of aliphatic hydroxyl groups is 1. The molecule has 2 saturated heterocycles. The van der Waals surface area contributed by atoms with Crippen molar-refractivity contribution in [3.05, 3.63) is 69.2 Å². The second-order valence-electron chi connectivity index (χ2n) is 12.0. The Morgan fingerprint density at radius 3 is 2.52 bits per heavy atom. The Labute approximate surface area is 244 Å². The number of carbonyl (C=O) groups is 1. The van der Waals surface area contributed by atoms with Gasteiger partial charge in [0.25, 0.3) is 0 Å². The molecule has 10 heteroatoms. The van der Waals surface area contributed by atoms with Gasteiger partial charge in [0.15, 0.2) is 0 Å². The highest BCUT2D eigenvalue weighted by Crippen LogP contribution is 2.52. The molecular formula is C30H36Cl2F2N4O2. The molecule has 2 aliphatic heterocycles. The molecule has 0 bridgehead atoms. The van der Waals surface area contributed by atoms with Gasteiger partial charge in [-0.05, 0) is 48.4 Å². The minimum atomic E-state index is -1.65. The van der Waals surface area contributed by atoms with Crippen LogP contribution in [0.1, 0.15) is 57.1 Å². The van der Waals surface area contributed by atoms with Crippen molar-refractivity contribution in [2.24, 2.45) is 5.41 Å². The van der Waals surface area contributed by atoms with E-state index in [1.54, 1.807) is 6.07 Å². The van der Waals surface area contributed by atoms with Gasteiger partial charge >= 0.3 is 0 Å². The van der Waals surface area contributed by atoms with E-state index in [-0.39, 0.29) is 45.1 Å². The quantitative estimate of drug-likeness (QED) is 0.413. The number of hydrogen-bond donors (Lipinski definition) is 3. The first kappa shape index (κ1) is 30.7. The van der Waals surface area contributed by atoms with E-state index in [4.69, 9.17) is 23.2 Å². The average molecular weight is 594 g/mol. The molecule has 1 amide bonds. The molecule has 0 spiro atoms. The normalized spacial score (nSPS) is 26.0. The van der Waals surface area contributed by atoms with Crippen LogP contribution in [-0.2, 0) is 10.2 Å². The van der Waals surface area contributed by atoms with E-state index in [9.17, 15) is 15.2 Å². The van der Waals surface area contributed by atoms with Crippen molar-refractivity contribution in [1.82, 2.24) is 15.5 Å². The van der Waals surface area contributed by atoms with E-state index in [0.29, 0.717) is 25.8 Å². The fourth-order valence-corrected chi connectivity index (χ4v) is 6.63. The van der Waals surface area contributed by atoms with Crippen LogP contribution < -0.4 is 10.6 Å². The van der Waals surface area contributed by atoms with E-state index in [1.165, 1.54) is 24.3 Å². The van der Waals surface area contributed by atoms with E-state index < -0.39 is 35.1 Å². The summed E-state index contributed by atoms with van der Waals surface area (Å²) in [5.74, 6) is -2.90. The first-order valence-electron chi connectivity index (χ1n) is 13.6. The van der Waals surface area contributed by atoms with E-state index in [2.05, 4.69) is 21.6 Å². The molecule has 0 aliphatic carbocycles. The summed E-state index contributed by atoms with van der Waals surface area (Å²) in [6, 6.07) is 9.11. The summed E-state index contributed by atoms with van der Waals surface area (Å²) < 4.78 is 31.5. The largest absolute Gasteiger partial charge is 0.395 e. The van der Waals surface area contributed by atoms with Crippen LogP contribution in [-0.4, -0.2) is 60.3 Å². The predicted octanol–water partition coefficient (Wildman–Crippen LogP) is 5.17. The second-order valence-corrected chi connectivity index (χ2v) is 12.9. The lowest BCUT2D eigenvalue weighted by atomic mass is 9.62. The number of piperidine rings is 1. The summed E-state index contributed by atoms with van der Waals surface area (Å²) in [6.07, 6.45) is 1.79. The lowest BCUT2D eigenvalue weighted by Gasteiger charge is -2.37. The van der Waals surface area contributed by atoms with E-state index >= 15 is 8.78 Å². The van der Waals surface area contributed by atoms with Crippen molar-refractivity contribution in [3.8, 4) is 6.07 Å². The minimum Gasteiger partial charge on any atom is -0.395 e.